The number of thioether (sulfide) groups is 2. The third kappa shape index (κ3) is 14.1. The van der Waals surface area contributed by atoms with Gasteiger partial charge < -0.3 is 14.6 Å². The minimum absolute atomic E-state index is 0.0301. The Bertz CT molecular complexity index is 797. The summed E-state index contributed by atoms with van der Waals surface area (Å²) in [5, 5.41) is 9.20. The third-order valence-corrected chi connectivity index (χ3v) is 8.73. The maximum Gasteiger partial charge on any atom is 0.335 e. The van der Waals surface area contributed by atoms with Gasteiger partial charge >= 0.3 is 5.97 Å². The molecule has 36 heavy (non-hydrogen) atoms. The SMILES string of the molecule is CC(C)(C)OCCC(C)(C)SCC(CSC(C)(C)CCOC(C)(C)C)C(=O)c1ccc(C(=O)O)cc1. The summed E-state index contributed by atoms with van der Waals surface area (Å²) < 4.78 is 11.8. The van der Waals surface area contributed by atoms with Crippen LogP contribution < -0.4 is 0 Å². The average molecular weight is 541 g/mol. The maximum absolute atomic E-state index is 13.5. The Morgan fingerprint density at radius 1 is 0.722 bits per heavy atom. The van der Waals surface area contributed by atoms with E-state index in [1.54, 1.807) is 12.1 Å². The summed E-state index contributed by atoms with van der Waals surface area (Å²) in [7, 11) is 0. The Balaban J connectivity index is 2.90. The van der Waals surface area contributed by atoms with Gasteiger partial charge in [-0.05, 0) is 66.5 Å². The van der Waals surface area contributed by atoms with Crippen LogP contribution in [-0.4, -0.2) is 62.3 Å². The Morgan fingerprint density at radius 2 is 1.08 bits per heavy atom. The average Bonchev–Trinajstić information content (AvgIpc) is 2.71. The summed E-state index contributed by atoms with van der Waals surface area (Å²) in [5.41, 5.74) is 0.418. The molecule has 1 N–H and O–H groups in total. The number of benzene rings is 1. The number of ketones is 1. The summed E-state index contributed by atoms with van der Waals surface area (Å²) in [6, 6.07) is 6.29. The van der Waals surface area contributed by atoms with Crippen LogP contribution in [0.4, 0.5) is 0 Å². The number of carbonyl (C=O) groups is 2. The molecule has 1 aromatic rings. The Morgan fingerprint density at radius 3 is 1.42 bits per heavy atom. The zero-order valence-corrected chi connectivity index (χ0v) is 25.7. The normalized spacial score (nSPS) is 13.3. The lowest BCUT2D eigenvalue weighted by molar-refractivity contribution is -0.00664. The molecular formula is C29H48O5S2. The number of rotatable bonds is 15. The second-order valence-corrected chi connectivity index (χ2v) is 16.0. The number of hydrogen-bond donors (Lipinski definition) is 1. The van der Waals surface area contributed by atoms with Gasteiger partial charge in [0.1, 0.15) is 0 Å². The van der Waals surface area contributed by atoms with Gasteiger partial charge in [0.15, 0.2) is 5.78 Å². The van der Waals surface area contributed by atoms with Gasteiger partial charge in [-0.3, -0.25) is 4.79 Å². The molecular weight excluding hydrogens is 492 g/mol. The summed E-state index contributed by atoms with van der Waals surface area (Å²) >= 11 is 3.61. The monoisotopic (exact) mass is 540 g/mol. The number of carboxylic acid groups (broad SMARTS) is 1. The highest BCUT2D eigenvalue weighted by atomic mass is 32.2. The van der Waals surface area contributed by atoms with E-state index >= 15 is 0 Å². The van der Waals surface area contributed by atoms with Crippen LogP contribution in [0.1, 0.15) is 103 Å². The quantitative estimate of drug-likeness (QED) is 0.229. The first kappa shape index (κ1) is 33.0. The Kier molecular flexibility index (Phi) is 12.5. The lowest BCUT2D eigenvalue weighted by atomic mass is 10.00. The number of carboxylic acids is 1. The fourth-order valence-electron chi connectivity index (χ4n) is 3.21. The molecule has 0 atom stereocenters. The van der Waals surface area contributed by atoms with Crippen molar-refractivity contribution in [2.75, 3.05) is 24.7 Å². The summed E-state index contributed by atoms with van der Waals surface area (Å²) in [6.07, 6.45) is 1.79. The molecule has 0 fully saturated rings. The standard InChI is InChI=1S/C29H48O5S2/c1-26(2,3)33-17-15-28(7,8)35-19-23(20-36-29(9,10)16-18-34-27(4,5)6)24(30)21-11-13-22(14-12-21)25(31)32/h11-14,23H,15-20H2,1-10H3,(H,31,32). The molecule has 7 heteroatoms. The fourth-order valence-corrected chi connectivity index (χ4v) is 5.66. The molecule has 0 aliphatic carbocycles. The van der Waals surface area contributed by atoms with Gasteiger partial charge in [-0.25, -0.2) is 4.79 Å². The van der Waals surface area contributed by atoms with Crippen LogP contribution in [0.2, 0.25) is 0 Å². The van der Waals surface area contributed by atoms with Crippen LogP contribution in [0, 0.1) is 5.92 Å². The van der Waals surface area contributed by atoms with Gasteiger partial charge in [-0.1, -0.05) is 39.8 Å². The van der Waals surface area contributed by atoms with E-state index < -0.39 is 5.97 Å². The number of hydrogen-bond acceptors (Lipinski definition) is 6. The molecule has 0 bridgehead atoms. The smallest absolute Gasteiger partial charge is 0.335 e. The molecule has 0 unspecified atom stereocenters. The van der Waals surface area contributed by atoms with E-state index in [1.807, 2.05) is 23.5 Å². The van der Waals surface area contributed by atoms with E-state index in [4.69, 9.17) is 9.47 Å². The zero-order valence-electron chi connectivity index (χ0n) is 24.0. The third-order valence-electron chi connectivity index (χ3n) is 5.62. The molecule has 0 heterocycles. The van der Waals surface area contributed by atoms with Crippen molar-refractivity contribution in [1.82, 2.24) is 0 Å². The molecule has 0 saturated heterocycles. The molecule has 1 aromatic carbocycles. The molecule has 0 aromatic heterocycles. The Hall–Kier alpha value is -1.02. The first-order valence-electron chi connectivity index (χ1n) is 12.7. The topological polar surface area (TPSA) is 72.8 Å². The van der Waals surface area contributed by atoms with E-state index in [2.05, 4.69) is 69.2 Å². The van der Waals surface area contributed by atoms with Crippen LogP contribution in [0.15, 0.2) is 24.3 Å². The molecule has 5 nitrogen and oxygen atoms in total. The van der Waals surface area contributed by atoms with Crippen LogP contribution in [0.3, 0.4) is 0 Å². The first-order valence-corrected chi connectivity index (χ1v) is 14.7. The minimum Gasteiger partial charge on any atom is -0.478 e. The van der Waals surface area contributed by atoms with E-state index in [0.29, 0.717) is 30.3 Å². The number of aromatic carboxylic acids is 1. The summed E-state index contributed by atoms with van der Waals surface area (Å²) in [4.78, 5) is 24.8. The number of ether oxygens (including phenoxy) is 2. The van der Waals surface area contributed by atoms with Crippen molar-refractivity contribution in [3.05, 3.63) is 35.4 Å². The van der Waals surface area contributed by atoms with Gasteiger partial charge in [0.05, 0.1) is 16.8 Å². The maximum atomic E-state index is 13.5. The van der Waals surface area contributed by atoms with Crippen LogP contribution in [-0.2, 0) is 9.47 Å². The van der Waals surface area contributed by atoms with Crippen molar-refractivity contribution in [2.45, 2.75) is 103 Å². The highest BCUT2D eigenvalue weighted by molar-refractivity contribution is 8.01. The van der Waals surface area contributed by atoms with Gasteiger partial charge in [0.2, 0.25) is 0 Å². The molecule has 0 radical (unpaired) electrons. The van der Waals surface area contributed by atoms with Crippen molar-refractivity contribution in [1.29, 1.82) is 0 Å². The lowest BCUT2D eigenvalue weighted by Crippen LogP contribution is -2.29. The lowest BCUT2D eigenvalue weighted by Gasteiger charge is -2.30. The molecule has 0 saturated carbocycles. The van der Waals surface area contributed by atoms with E-state index in [-0.39, 0.29) is 38.0 Å². The molecule has 206 valence electrons. The van der Waals surface area contributed by atoms with Gasteiger partial charge in [0, 0.05) is 45.7 Å². The molecule has 1 rings (SSSR count). The van der Waals surface area contributed by atoms with E-state index in [9.17, 15) is 14.7 Å². The second-order valence-electron chi connectivity index (χ2n) is 12.5. The molecule has 0 aliphatic rings. The predicted molar refractivity (Wildman–Crippen MR) is 155 cm³/mol. The summed E-state index contributed by atoms with van der Waals surface area (Å²) in [5.74, 6) is 0.291. The van der Waals surface area contributed by atoms with Crippen molar-refractivity contribution >= 4 is 35.3 Å². The van der Waals surface area contributed by atoms with Gasteiger partial charge in [-0.2, -0.15) is 23.5 Å². The van der Waals surface area contributed by atoms with Crippen LogP contribution in [0.25, 0.3) is 0 Å². The summed E-state index contributed by atoms with van der Waals surface area (Å²) in [6.45, 7) is 22.5. The van der Waals surface area contributed by atoms with Gasteiger partial charge in [-0.15, -0.1) is 0 Å². The Labute approximate surface area is 227 Å². The van der Waals surface area contributed by atoms with Crippen molar-refractivity contribution in [2.24, 2.45) is 5.92 Å². The van der Waals surface area contributed by atoms with Crippen molar-refractivity contribution in [3.8, 4) is 0 Å². The molecule has 0 aliphatic heterocycles. The van der Waals surface area contributed by atoms with Crippen LogP contribution >= 0.6 is 23.5 Å². The number of carbonyl (C=O) groups excluding carboxylic acids is 1. The molecule has 0 spiro atoms. The minimum atomic E-state index is -0.991. The van der Waals surface area contributed by atoms with E-state index in [0.717, 1.165) is 12.8 Å². The number of Topliss-reactive ketones (excluding diaryl/α,β-unsaturated/α-hetero) is 1. The largest absolute Gasteiger partial charge is 0.478 e. The predicted octanol–water partition coefficient (Wildman–Crippen LogP) is 7.62. The zero-order chi connectivity index (χ0) is 27.8. The van der Waals surface area contributed by atoms with E-state index in [1.165, 1.54) is 12.1 Å². The first-order chi connectivity index (χ1) is 16.3. The highest BCUT2D eigenvalue weighted by Crippen LogP contribution is 2.35. The molecule has 0 amide bonds. The van der Waals surface area contributed by atoms with Crippen molar-refractivity contribution in [3.63, 3.8) is 0 Å². The van der Waals surface area contributed by atoms with Crippen LogP contribution in [0.5, 0.6) is 0 Å². The van der Waals surface area contributed by atoms with Crippen molar-refractivity contribution < 1.29 is 24.2 Å². The second kappa shape index (κ2) is 13.7. The van der Waals surface area contributed by atoms with Gasteiger partial charge in [0.25, 0.3) is 0 Å². The fraction of sp³-hybridized carbons (Fsp3) is 0.724. The highest BCUT2D eigenvalue weighted by Gasteiger charge is 2.29.